The second-order valence-electron chi connectivity index (χ2n) is 8.42. The van der Waals surface area contributed by atoms with Crippen LogP contribution in [0, 0.1) is 6.92 Å². The van der Waals surface area contributed by atoms with Crippen LogP contribution in [0.1, 0.15) is 16.7 Å². The van der Waals surface area contributed by atoms with E-state index >= 15 is 0 Å². The largest absolute Gasteiger partial charge is 0.497 e. The number of benzene rings is 3. The first kappa shape index (κ1) is 22.7. The third-order valence-corrected chi connectivity index (χ3v) is 6.25. The summed E-state index contributed by atoms with van der Waals surface area (Å²) >= 11 is 5.79. The molecular weight excluding hydrogens is 462 g/mol. The van der Waals surface area contributed by atoms with Crippen LogP contribution >= 0.6 is 12.2 Å². The number of nitrogens with one attached hydrogen (secondary N) is 2. The Bertz CT molecular complexity index is 1450. The van der Waals surface area contributed by atoms with E-state index in [0.29, 0.717) is 35.3 Å². The van der Waals surface area contributed by atoms with Crippen molar-refractivity contribution in [2.75, 3.05) is 19.2 Å². The number of aromatic amines is 1. The molecule has 2 N–H and O–H groups in total. The number of hydrogen-bond donors (Lipinski definition) is 2. The fourth-order valence-corrected chi connectivity index (χ4v) is 4.22. The fourth-order valence-electron chi connectivity index (χ4n) is 3.97. The number of thiocarbonyl (C=S) groups is 1. The van der Waals surface area contributed by atoms with Crippen molar-refractivity contribution in [3.8, 4) is 17.2 Å². The van der Waals surface area contributed by atoms with E-state index in [1.165, 1.54) is 0 Å². The minimum Gasteiger partial charge on any atom is -0.497 e. The van der Waals surface area contributed by atoms with E-state index in [0.717, 1.165) is 33.5 Å². The Labute approximate surface area is 208 Å². The van der Waals surface area contributed by atoms with E-state index < -0.39 is 0 Å². The van der Waals surface area contributed by atoms with Gasteiger partial charge < -0.3 is 29.4 Å². The number of methoxy groups -OCH3 is 1. The number of aromatic nitrogens is 1. The maximum absolute atomic E-state index is 13.0. The predicted octanol–water partition coefficient (Wildman–Crippen LogP) is 4.97. The molecule has 2 heterocycles. The van der Waals surface area contributed by atoms with Gasteiger partial charge in [-0.2, -0.15) is 0 Å². The van der Waals surface area contributed by atoms with Gasteiger partial charge in [0.1, 0.15) is 5.75 Å². The summed E-state index contributed by atoms with van der Waals surface area (Å²) in [4.78, 5) is 17.9. The zero-order valence-corrected chi connectivity index (χ0v) is 20.3. The topological polar surface area (TPSA) is 75.8 Å². The van der Waals surface area contributed by atoms with Crippen LogP contribution in [0.25, 0.3) is 10.9 Å². The first-order valence-electron chi connectivity index (χ1n) is 11.2. The zero-order valence-electron chi connectivity index (χ0n) is 19.5. The molecule has 8 heteroatoms. The molecule has 1 aliphatic rings. The molecule has 178 valence electrons. The summed E-state index contributed by atoms with van der Waals surface area (Å²) < 4.78 is 16.2. The maximum atomic E-state index is 13.0. The van der Waals surface area contributed by atoms with Crippen LogP contribution in [0.5, 0.6) is 17.2 Å². The number of H-pyrrole nitrogens is 1. The number of pyridine rings is 1. The number of anilines is 1. The second kappa shape index (κ2) is 9.68. The molecule has 0 fully saturated rings. The lowest BCUT2D eigenvalue weighted by Gasteiger charge is -2.26. The molecule has 35 heavy (non-hydrogen) atoms. The molecule has 0 aliphatic carbocycles. The SMILES string of the molecule is COc1ccc2cc(CN(Cc3ccc4c(c3)OCO4)C(=S)Nc3ccc(C)cc3)c(=O)[nH]c2c1. The molecule has 4 aromatic rings. The van der Waals surface area contributed by atoms with Gasteiger partial charge in [-0.1, -0.05) is 23.8 Å². The van der Waals surface area contributed by atoms with Gasteiger partial charge in [-0.3, -0.25) is 4.79 Å². The second-order valence-corrected chi connectivity index (χ2v) is 8.80. The minimum atomic E-state index is -0.167. The highest BCUT2D eigenvalue weighted by Gasteiger charge is 2.18. The van der Waals surface area contributed by atoms with E-state index in [2.05, 4.69) is 10.3 Å². The van der Waals surface area contributed by atoms with Gasteiger partial charge in [0.15, 0.2) is 16.6 Å². The predicted molar refractivity (Wildman–Crippen MR) is 140 cm³/mol. The maximum Gasteiger partial charge on any atom is 0.253 e. The van der Waals surface area contributed by atoms with Crippen LogP contribution in [0.4, 0.5) is 5.69 Å². The van der Waals surface area contributed by atoms with Crippen molar-refractivity contribution in [2.24, 2.45) is 0 Å². The van der Waals surface area contributed by atoms with Crippen LogP contribution < -0.4 is 25.1 Å². The lowest BCUT2D eigenvalue weighted by Crippen LogP contribution is -2.35. The third kappa shape index (κ3) is 5.07. The summed E-state index contributed by atoms with van der Waals surface area (Å²) in [5, 5.41) is 4.74. The molecule has 3 aromatic carbocycles. The lowest BCUT2D eigenvalue weighted by molar-refractivity contribution is 0.174. The standard InChI is InChI=1S/C27H25N3O4S/c1-17-3-7-21(8-4-17)28-27(35)30(14-18-5-10-24-25(11-18)34-16-33-24)15-20-12-19-6-9-22(32-2)13-23(19)29-26(20)31/h3-13H,14-16H2,1-2H3,(H,28,35)(H,29,31). The monoisotopic (exact) mass is 487 g/mol. The number of hydrogen-bond acceptors (Lipinski definition) is 5. The van der Waals surface area contributed by atoms with Gasteiger partial charge in [-0.05, 0) is 72.6 Å². The number of fused-ring (bicyclic) bond motifs is 2. The number of rotatable bonds is 6. The first-order valence-corrected chi connectivity index (χ1v) is 11.6. The Morgan fingerprint density at radius 2 is 1.83 bits per heavy atom. The first-order chi connectivity index (χ1) is 17.0. The Kier molecular flexibility index (Phi) is 6.29. The summed E-state index contributed by atoms with van der Waals surface area (Å²) in [6.45, 7) is 3.06. The molecule has 0 bridgehead atoms. The van der Waals surface area contributed by atoms with Crippen LogP contribution in [-0.4, -0.2) is 28.9 Å². The van der Waals surface area contributed by atoms with Gasteiger partial charge in [-0.25, -0.2) is 0 Å². The highest BCUT2D eigenvalue weighted by Crippen LogP contribution is 2.33. The van der Waals surface area contributed by atoms with Crippen LogP contribution in [0.15, 0.2) is 71.5 Å². The quantitative estimate of drug-likeness (QED) is 0.372. The van der Waals surface area contributed by atoms with Gasteiger partial charge in [0.05, 0.1) is 19.2 Å². The van der Waals surface area contributed by atoms with Crippen LogP contribution in [0.2, 0.25) is 0 Å². The lowest BCUT2D eigenvalue weighted by atomic mass is 10.1. The molecule has 5 rings (SSSR count). The van der Waals surface area contributed by atoms with E-state index in [-0.39, 0.29) is 12.4 Å². The molecule has 0 saturated carbocycles. The average Bonchev–Trinajstić information content (AvgIpc) is 3.33. The van der Waals surface area contributed by atoms with Gasteiger partial charge >= 0.3 is 0 Å². The smallest absolute Gasteiger partial charge is 0.253 e. The highest BCUT2D eigenvalue weighted by atomic mass is 32.1. The fraction of sp³-hybridized carbons (Fsp3) is 0.185. The minimum absolute atomic E-state index is 0.167. The van der Waals surface area contributed by atoms with Gasteiger partial charge in [-0.15, -0.1) is 0 Å². The van der Waals surface area contributed by atoms with Gasteiger partial charge in [0, 0.05) is 23.9 Å². The Balaban J connectivity index is 1.45. The van der Waals surface area contributed by atoms with Gasteiger partial charge in [0.25, 0.3) is 5.56 Å². The molecule has 0 atom stereocenters. The average molecular weight is 488 g/mol. The molecule has 0 radical (unpaired) electrons. The van der Waals surface area contributed by atoms with Crippen molar-refractivity contribution in [2.45, 2.75) is 20.0 Å². The molecule has 1 aromatic heterocycles. The summed E-state index contributed by atoms with van der Waals surface area (Å²) in [7, 11) is 1.60. The summed E-state index contributed by atoms with van der Waals surface area (Å²) in [6.07, 6.45) is 0. The Morgan fingerprint density at radius 1 is 1.03 bits per heavy atom. The van der Waals surface area contributed by atoms with Crippen molar-refractivity contribution in [1.29, 1.82) is 0 Å². The molecule has 0 unspecified atom stereocenters. The van der Waals surface area contributed by atoms with Crippen molar-refractivity contribution in [3.05, 3.63) is 93.8 Å². The summed E-state index contributed by atoms with van der Waals surface area (Å²) in [5.41, 5.74) is 4.20. The molecule has 0 amide bonds. The van der Waals surface area contributed by atoms with Crippen molar-refractivity contribution in [3.63, 3.8) is 0 Å². The normalized spacial score (nSPS) is 11.9. The highest BCUT2D eigenvalue weighted by molar-refractivity contribution is 7.80. The third-order valence-electron chi connectivity index (χ3n) is 5.89. The van der Waals surface area contributed by atoms with Crippen molar-refractivity contribution in [1.82, 2.24) is 9.88 Å². The molecular formula is C27H25N3O4S. The van der Waals surface area contributed by atoms with Crippen LogP contribution in [-0.2, 0) is 13.1 Å². The van der Waals surface area contributed by atoms with Crippen LogP contribution in [0.3, 0.4) is 0 Å². The van der Waals surface area contributed by atoms with E-state index in [4.69, 9.17) is 26.4 Å². The number of ether oxygens (including phenoxy) is 3. The summed E-state index contributed by atoms with van der Waals surface area (Å²) in [6, 6.07) is 21.3. The molecule has 0 saturated heterocycles. The van der Waals surface area contributed by atoms with E-state index in [1.54, 1.807) is 7.11 Å². The Morgan fingerprint density at radius 3 is 2.63 bits per heavy atom. The van der Waals surface area contributed by atoms with Gasteiger partial charge in [0.2, 0.25) is 6.79 Å². The zero-order chi connectivity index (χ0) is 24.4. The number of nitrogens with zero attached hydrogens (tertiary/aromatic N) is 1. The Hall–Kier alpha value is -4.04. The molecule has 0 spiro atoms. The molecule has 7 nitrogen and oxygen atoms in total. The van der Waals surface area contributed by atoms with Crippen molar-refractivity contribution < 1.29 is 14.2 Å². The van der Waals surface area contributed by atoms with E-state index in [9.17, 15) is 4.79 Å². The van der Waals surface area contributed by atoms with Crippen molar-refractivity contribution >= 4 is 33.9 Å². The number of aryl methyl sites for hydroxylation is 1. The van der Waals surface area contributed by atoms with E-state index in [1.807, 2.05) is 78.6 Å². The molecule has 1 aliphatic heterocycles. The summed E-state index contributed by atoms with van der Waals surface area (Å²) in [5.74, 6) is 2.12.